The Hall–Kier alpha value is -2.79. The van der Waals surface area contributed by atoms with Crippen LogP contribution in [0.4, 0.5) is 31.1 Å². The summed E-state index contributed by atoms with van der Waals surface area (Å²) < 4.78 is 88.0. The van der Waals surface area contributed by atoms with Crippen LogP contribution in [0, 0.1) is 17.8 Å². The van der Waals surface area contributed by atoms with E-state index in [1.165, 1.54) is 0 Å². The molecule has 6 nitrogen and oxygen atoms in total. The third-order valence-electron chi connectivity index (χ3n) is 8.03. The van der Waals surface area contributed by atoms with Gasteiger partial charge in [-0.1, -0.05) is 0 Å². The van der Waals surface area contributed by atoms with Crippen LogP contribution in [0.5, 0.6) is 0 Å². The van der Waals surface area contributed by atoms with Crippen LogP contribution in [0.15, 0.2) is 18.2 Å². The van der Waals surface area contributed by atoms with E-state index in [4.69, 9.17) is 4.74 Å². The Balaban J connectivity index is 1.37. The predicted octanol–water partition coefficient (Wildman–Crippen LogP) is 6.68. The highest BCUT2D eigenvalue weighted by molar-refractivity contribution is 5.68. The van der Waals surface area contributed by atoms with Crippen molar-refractivity contribution in [2.75, 3.05) is 13.1 Å². The Labute approximate surface area is 222 Å². The van der Waals surface area contributed by atoms with Crippen LogP contribution in [0.25, 0.3) is 0 Å². The van der Waals surface area contributed by atoms with Gasteiger partial charge < -0.3 is 9.64 Å². The number of aryl methyl sites for hydroxylation is 1. The number of alkyl halides is 6. The second-order valence-corrected chi connectivity index (χ2v) is 12.0. The molecule has 1 saturated carbocycles. The molecule has 1 aliphatic carbocycles. The number of rotatable bonds is 3. The summed E-state index contributed by atoms with van der Waals surface area (Å²) in [6.07, 6.45) is -6.69. The van der Waals surface area contributed by atoms with Gasteiger partial charge in [0.2, 0.25) is 0 Å². The smallest absolute Gasteiger partial charge is 0.416 e. The summed E-state index contributed by atoms with van der Waals surface area (Å²) in [7, 11) is 0. The fourth-order valence-electron chi connectivity index (χ4n) is 6.34. The third kappa shape index (κ3) is 5.89. The van der Waals surface area contributed by atoms with E-state index in [2.05, 4.69) is 10.1 Å². The number of nitrogens with zero attached hydrogens (tertiary/aromatic N) is 4. The standard InChI is InChI=1S/C27H32F6N4O2/c1-25(2,3)39-24(38)36-13-15-6-7-16(14-36)21(15)12-22-34-23-20(5-4-8-37(23)35-22)17-9-18(26(28,29)30)11-19(10-17)27(31,32)33/h9-11,15-16,20-21H,4-8,12-14H2,1-3H3/t15-,16+,20?,21?. The number of piperidine rings is 1. The molecule has 5 rings (SSSR count). The van der Waals surface area contributed by atoms with Gasteiger partial charge in [0.05, 0.1) is 11.1 Å². The zero-order valence-corrected chi connectivity index (χ0v) is 22.1. The molecule has 39 heavy (non-hydrogen) atoms. The molecule has 12 heteroatoms. The summed E-state index contributed by atoms with van der Waals surface area (Å²) in [6, 6.07) is 1.76. The first kappa shape index (κ1) is 27.8. The first-order valence-electron chi connectivity index (χ1n) is 13.3. The molecule has 4 atom stereocenters. The summed E-state index contributed by atoms with van der Waals surface area (Å²) in [5.41, 5.74) is -3.28. The van der Waals surface area contributed by atoms with Gasteiger partial charge in [-0.25, -0.2) is 14.5 Å². The van der Waals surface area contributed by atoms with Crippen LogP contribution in [0.2, 0.25) is 0 Å². The van der Waals surface area contributed by atoms with Crippen molar-refractivity contribution in [3.8, 4) is 0 Å². The van der Waals surface area contributed by atoms with Gasteiger partial charge in [-0.3, -0.25) is 0 Å². The number of benzene rings is 1. The lowest BCUT2D eigenvalue weighted by Crippen LogP contribution is -2.47. The van der Waals surface area contributed by atoms with Crippen molar-refractivity contribution in [3.63, 3.8) is 0 Å². The highest BCUT2D eigenvalue weighted by Gasteiger charge is 2.45. The van der Waals surface area contributed by atoms with Gasteiger partial charge in [-0.2, -0.15) is 31.4 Å². The SMILES string of the molecule is CC(C)(C)OC(=O)N1C[C@H]2CC[C@@H](C1)C2Cc1nc2n(n1)CCCC2c1cc(C(F)(F)F)cc(C(F)(F)F)c1. The van der Waals surface area contributed by atoms with Gasteiger partial charge in [0, 0.05) is 32.0 Å². The molecule has 2 aliphatic heterocycles. The number of hydrogen-bond donors (Lipinski definition) is 0. The number of amides is 1. The van der Waals surface area contributed by atoms with Gasteiger partial charge in [0.25, 0.3) is 0 Å². The van der Waals surface area contributed by atoms with Crippen LogP contribution < -0.4 is 0 Å². The van der Waals surface area contributed by atoms with E-state index in [9.17, 15) is 31.1 Å². The van der Waals surface area contributed by atoms with Crippen molar-refractivity contribution < 1.29 is 35.9 Å². The van der Waals surface area contributed by atoms with E-state index < -0.39 is 35.0 Å². The second kappa shape index (κ2) is 9.69. The van der Waals surface area contributed by atoms with Crippen molar-refractivity contribution in [1.82, 2.24) is 19.7 Å². The van der Waals surface area contributed by atoms with Crippen molar-refractivity contribution in [2.45, 2.75) is 83.3 Å². The molecular weight excluding hydrogens is 526 g/mol. The van der Waals surface area contributed by atoms with Gasteiger partial charge in [-0.05, 0) is 88.0 Å². The minimum atomic E-state index is -4.91. The van der Waals surface area contributed by atoms with Crippen molar-refractivity contribution in [2.24, 2.45) is 17.8 Å². The lowest BCUT2D eigenvalue weighted by molar-refractivity contribution is -0.143. The number of halogens is 6. The molecule has 1 aromatic carbocycles. The molecule has 1 saturated heterocycles. The lowest BCUT2D eigenvalue weighted by atomic mass is 9.82. The number of ether oxygens (including phenoxy) is 1. The molecule has 0 spiro atoms. The van der Waals surface area contributed by atoms with Gasteiger partial charge in [0.1, 0.15) is 11.4 Å². The molecule has 2 fully saturated rings. The fraction of sp³-hybridized carbons (Fsp3) is 0.667. The van der Waals surface area contributed by atoms with E-state index in [0.717, 1.165) is 25.0 Å². The molecule has 214 valence electrons. The molecule has 2 unspecified atom stereocenters. The van der Waals surface area contributed by atoms with Crippen LogP contribution in [0.1, 0.15) is 80.7 Å². The second-order valence-electron chi connectivity index (χ2n) is 12.0. The van der Waals surface area contributed by atoms with E-state index in [1.807, 2.05) is 20.8 Å². The zero-order chi connectivity index (χ0) is 28.3. The van der Waals surface area contributed by atoms with Crippen LogP contribution in [-0.2, 0) is 30.1 Å². The molecule has 2 bridgehead atoms. The quantitative estimate of drug-likeness (QED) is 0.395. The Morgan fingerprint density at radius 1 is 0.949 bits per heavy atom. The molecule has 1 aromatic heterocycles. The highest BCUT2D eigenvalue weighted by atomic mass is 19.4. The molecular formula is C27H32F6N4O2. The Morgan fingerprint density at radius 2 is 1.54 bits per heavy atom. The van der Waals surface area contributed by atoms with E-state index in [-0.39, 0.29) is 35.5 Å². The number of likely N-dealkylation sites (tertiary alicyclic amines) is 1. The van der Waals surface area contributed by atoms with Crippen LogP contribution >= 0.6 is 0 Å². The number of aromatic nitrogens is 3. The Kier molecular flexibility index (Phi) is 6.90. The molecule has 3 aliphatic rings. The minimum absolute atomic E-state index is 0.0530. The number of carbonyl (C=O) groups is 1. The Bertz CT molecular complexity index is 1190. The predicted molar refractivity (Wildman–Crippen MR) is 129 cm³/mol. The van der Waals surface area contributed by atoms with Crippen LogP contribution in [0.3, 0.4) is 0 Å². The maximum absolute atomic E-state index is 13.5. The topological polar surface area (TPSA) is 60.2 Å². The van der Waals surface area contributed by atoms with Gasteiger partial charge in [0.15, 0.2) is 5.82 Å². The molecule has 1 amide bonds. The highest BCUT2D eigenvalue weighted by Crippen LogP contribution is 2.45. The molecule has 0 radical (unpaired) electrons. The van der Waals surface area contributed by atoms with E-state index in [1.54, 1.807) is 9.58 Å². The first-order chi connectivity index (χ1) is 18.1. The van der Waals surface area contributed by atoms with E-state index in [0.29, 0.717) is 50.5 Å². The van der Waals surface area contributed by atoms with E-state index >= 15 is 0 Å². The molecule has 2 aromatic rings. The maximum atomic E-state index is 13.5. The molecule has 0 N–H and O–H groups in total. The number of fused-ring (bicyclic) bond motifs is 3. The molecule has 3 heterocycles. The van der Waals surface area contributed by atoms with Crippen molar-refractivity contribution in [3.05, 3.63) is 46.5 Å². The average Bonchev–Trinajstić information content (AvgIpc) is 3.32. The summed E-state index contributed by atoms with van der Waals surface area (Å²) in [4.78, 5) is 19.0. The Morgan fingerprint density at radius 3 is 2.08 bits per heavy atom. The maximum Gasteiger partial charge on any atom is 0.416 e. The first-order valence-corrected chi connectivity index (χ1v) is 13.3. The average molecular weight is 559 g/mol. The summed E-state index contributed by atoms with van der Waals surface area (Å²) >= 11 is 0. The zero-order valence-electron chi connectivity index (χ0n) is 22.1. The lowest BCUT2D eigenvalue weighted by Gasteiger charge is -2.38. The summed E-state index contributed by atoms with van der Waals surface area (Å²) in [5.74, 6) is 0.997. The summed E-state index contributed by atoms with van der Waals surface area (Å²) in [5, 5.41) is 4.62. The minimum Gasteiger partial charge on any atom is -0.444 e. The van der Waals surface area contributed by atoms with Crippen LogP contribution in [-0.4, -0.2) is 44.4 Å². The van der Waals surface area contributed by atoms with Crippen molar-refractivity contribution in [1.29, 1.82) is 0 Å². The normalized spacial score (nSPS) is 25.5. The van der Waals surface area contributed by atoms with Gasteiger partial charge in [-0.15, -0.1) is 0 Å². The number of hydrogen-bond acceptors (Lipinski definition) is 4. The third-order valence-corrected chi connectivity index (χ3v) is 8.03. The van der Waals surface area contributed by atoms with Gasteiger partial charge >= 0.3 is 18.4 Å². The number of carbonyl (C=O) groups excluding carboxylic acids is 1. The summed E-state index contributed by atoms with van der Waals surface area (Å²) in [6.45, 7) is 7.15. The monoisotopic (exact) mass is 558 g/mol. The fourth-order valence-corrected chi connectivity index (χ4v) is 6.34. The van der Waals surface area contributed by atoms with Crippen molar-refractivity contribution >= 4 is 6.09 Å². The largest absolute Gasteiger partial charge is 0.444 e.